The second kappa shape index (κ2) is 3.05. The number of anilines is 2. The lowest BCUT2D eigenvalue weighted by Crippen LogP contribution is -2.14. The van der Waals surface area contributed by atoms with Gasteiger partial charge in [0.25, 0.3) is 0 Å². The van der Waals surface area contributed by atoms with E-state index in [4.69, 9.17) is 17.3 Å². The first-order valence-corrected chi connectivity index (χ1v) is 4.83. The molecule has 0 aliphatic heterocycles. The maximum absolute atomic E-state index is 5.93. The molecule has 1 heterocycles. The minimum absolute atomic E-state index is 0.237. The van der Waals surface area contributed by atoms with Gasteiger partial charge in [0.2, 0.25) is 0 Å². The summed E-state index contributed by atoms with van der Waals surface area (Å²) in [5.41, 5.74) is 14.3. The first-order valence-electron chi connectivity index (χ1n) is 4.83. The molecule has 0 bridgehead atoms. The molecule has 0 fully saturated rings. The van der Waals surface area contributed by atoms with Gasteiger partial charge in [-0.05, 0) is 12.1 Å². The number of nitrogens with zero attached hydrogens (tertiary/aromatic N) is 2. The van der Waals surface area contributed by atoms with E-state index in [-0.39, 0.29) is 5.92 Å². The minimum atomic E-state index is 0.237. The van der Waals surface area contributed by atoms with Gasteiger partial charge < -0.3 is 17.3 Å². The molecule has 6 N–H and O–H groups in total. The lowest BCUT2D eigenvalue weighted by atomic mass is 10.2. The molecule has 1 aromatic carbocycles. The highest BCUT2D eigenvalue weighted by Gasteiger charge is 2.15. The second-order valence-corrected chi connectivity index (χ2v) is 3.94. The number of benzene rings is 1. The van der Waals surface area contributed by atoms with Crippen LogP contribution in [0, 0.1) is 0 Å². The summed E-state index contributed by atoms with van der Waals surface area (Å²) in [5.74, 6) is 6.95. The van der Waals surface area contributed by atoms with Crippen LogP contribution in [-0.4, -0.2) is 9.66 Å². The number of hydrogen-bond donors (Lipinski definition) is 3. The molecule has 0 unspecified atom stereocenters. The molecule has 15 heavy (non-hydrogen) atoms. The molecule has 0 radical (unpaired) electrons. The van der Waals surface area contributed by atoms with Gasteiger partial charge in [0.05, 0.1) is 11.4 Å². The Bertz CT molecular complexity index is 512. The number of nitrogens with two attached hydrogens (primary N) is 3. The molecule has 0 atom stereocenters. The van der Waals surface area contributed by atoms with E-state index in [9.17, 15) is 0 Å². The summed E-state index contributed by atoms with van der Waals surface area (Å²) in [6, 6.07) is 3.49. The van der Waals surface area contributed by atoms with Crippen LogP contribution in [0.15, 0.2) is 12.1 Å². The molecule has 0 saturated carbocycles. The SMILES string of the molecule is CC(C)c1nc2c(N)ccc(N)c2n1N. The summed E-state index contributed by atoms with van der Waals surface area (Å²) < 4.78 is 1.52. The molecule has 0 amide bonds. The molecule has 80 valence electrons. The molecule has 1 aromatic heterocycles. The third-order valence-electron chi connectivity index (χ3n) is 2.44. The maximum Gasteiger partial charge on any atom is 0.131 e. The van der Waals surface area contributed by atoms with Crippen LogP contribution < -0.4 is 17.3 Å². The van der Waals surface area contributed by atoms with Gasteiger partial charge in [0, 0.05) is 5.92 Å². The van der Waals surface area contributed by atoms with Crippen molar-refractivity contribution in [3.8, 4) is 0 Å². The van der Waals surface area contributed by atoms with Crippen molar-refractivity contribution in [2.75, 3.05) is 17.3 Å². The van der Waals surface area contributed by atoms with E-state index in [1.54, 1.807) is 12.1 Å². The standard InChI is InChI=1S/C10H15N5/c1-5(2)10-14-8-6(11)3-4-7(12)9(8)15(10)13/h3-5H,11-13H2,1-2H3. The van der Waals surface area contributed by atoms with E-state index in [0.717, 1.165) is 5.82 Å². The van der Waals surface area contributed by atoms with Crippen molar-refractivity contribution in [1.29, 1.82) is 0 Å². The predicted molar refractivity (Wildman–Crippen MR) is 62.8 cm³/mol. The fourth-order valence-corrected chi connectivity index (χ4v) is 1.67. The van der Waals surface area contributed by atoms with E-state index < -0.39 is 0 Å². The van der Waals surface area contributed by atoms with Crippen molar-refractivity contribution >= 4 is 22.4 Å². The van der Waals surface area contributed by atoms with E-state index >= 15 is 0 Å². The number of fused-ring (bicyclic) bond motifs is 1. The van der Waals surface area contributed by atoms with E-state index in [1.807, 2.05) is 13.8 Å². The number of nitrogen functional groups attached to an aromatic ring is 3. The second-order valence-electron chi connectivity index (χ2n) is 3.94. The molecule has 0 aliphatic carbocycles. The number of hydrogen-bond acceptors (Lipinski definition) is 4. The first-order chi connectivity index (χ1) is 7.02. The van der Waals surface area contributed by atoms with Gasteiger partial charge in [-0.25, -0.2) is 9.66 Å². The van der Waals surface area contributed by atoms with Crippen molar-refractivity contribution in [1.82, 2.24) is 9.66 Å². The smallest absolute Gasteiger partial charge is 0.131 e. The summed E-state index contributed by atoms with van der Waals surface area (Å²) in [6.45, 7) is 4.05. The Hall–Kier alpha value is -1.91. The van der Waals surface area contributed by atoms with Gasteiger partial charge in [-0.3, -0.25) is 0 Å². The zero-order chi connectivity index (χ0) is 11.2. The molecule has 2 rings (SSSR count). The topological polar surface area (TPSA) is 95.9 Å². The number of imidazole rings is 1. The largest absolute Gasteiger partial charge is 0.397 e. The van der Waals surface area contributed by atoms with Crippen LogP contribution in [-0.2, 0) is 0 Å². The fraction of sp³-hybridized carbons (Fsp3) is 0.300. The first kappa shape index (κ1) is 9.64. The van der Waals surface area contributed by atoms with Gasteiger partial charge in [-0.15, -0.1) is 0 Å². The monoisotopic (exact) mass is 205 g/mol. The van der Waals surface area contributed by atoms with Gasteiger partial charge in [-0.2, -0.15) is 0 Å². The summed E-state index contributed by atoms with van der Waals surface area (Å²) >= 11 is 0. The zero-order valence-corrected chi connectivity index (χ0v) is 8.86. The lowest BCUT2D eigenvalue weighted by molar-refractivity contribution is 0.745. The molecular formula is C10H15N5. The Labute approximate surface area is 87.8 Å². The molecule has 0 spiro atoms. The van der Waals surface area contributed by atoms with E-state index in [1.165, 1.54) is 4.68 Å². The van der Waals surface area contributed by atoms with Crippen molar-refractivity contribution in [3.05, 3.63) is 18.0 Å². The average molecular weight is 205 g/mol. The Morgan fingerprint density at radius 2 is 1.80 bits per heavy atom. The van der Waals surface area contributed by atoms with E-state index in [2.05, 4.69) is 4.98 Å². The normalized spacial score (nSPS) is 11.4. The van der Waals surface area contributed by atoms with Crippen molar-refractivity contribution in [3.63, 3.8) is 0 Å². The predicted octanol–water partition coefficient (Wildman–Crippen LogP) is 1.04. The average Bonchev–Trinajstić information content (AvgIpc) is 2.51. The van der Waals surface area contributed by atoms with E-state index in [0.29, 0.717) is 22.4 Å². The van der Waals surface area contributed by atoms with Crippen LogP contribution in [0.2, 0.25) is 0 Å². The summed E-state index contributed by atoms with van der Waals surface area (Å²) in [4.78, 5) is 4.41. The van der Waals surface area contributed by atoms with Crippen LogP contribution in [0.1, 0.15) is 25.6 Å². The summed E-state index contributed by atoms with van der Waals surface area (Å²) in [6.07, 6.45) is 0. The molecule has 0 saturated heterocycles. The Kier molecular flexibility index (Phi) is 1.96. The number of rotatable bonds is 1. The van der Waals surface area contributed by atoms with Crippen LogP contribution in [0.4, 0.5) is 11.4 Å². The highest BCUT2D eigenvalue weighted by atomic mass is 15.3. The minimum Gasteiger partial charge on any atom is -0.397 e. The number of aromatic nitrogens is 2. The third-order valence-corrected chi connectivity index (χ3v) is 2.44. The summed E-state index contributed by atoms with van der Waals surface area (Å²) in [7, 11) is 0. The van der Waals surface area contributed by atoms with Crippen molar-refractivity contribution in [2.24, 2.45) is 0 Å². The van der Waals surface area contributed by atoms with Crippen LogP contribution in [0.3, 0.4) is 0 Å². The maximum atomic E-state index is 5.93. The molecule has 2 aromatic rings. The van der Waals surface area contributed by atoms with Crippen molar-refractivity contribution in [2.45, 2.75) is 19.8 Å². The lowest BCUT2D eigenvalue weighted by Gasteiger charge is -2.05. The Morgan fingerprint density at radius 3 is 2.33 bits per heavy atom. The zero-order valence-electron chi connectivity index (χ0n) is 8.86. The quantitative estimate of drug-likeness (QED) is 0.478. The van der Waals surface area contributed by atoms with Crippen LogP contribution in [0.5, 0.6) is 0 Å². The van der Waals surface area contributed by atoms with Crippen LogP contribution >= 0.6 is 0 Å². The van der Waals surface area contributed by atoms with Gasteiger partial charge in [0.1, 0.15) is 16.9 Å². The highest BCUT2D eigenvalue weighted by Crippen LogP contribution is 2.27. The molecule has 5 heteroatoms. The van der Waals surface area contributed by atoms with Gasteiger partial charge in [-0.1, -0.05) is 13.8 Å². The Balaban J connectivity index is 2.87. The van der Waals surface area contributed by atoms with Gasteiger partial charge >= 0.3 is 0 Å². The third kappa shape index (κ3) is 1.27. The Morgan fingerprint density at radius 1 is 1.20 bits per heavy atom. The van der Waals surface area contributed by atoms with Crippen LogP contribution in [0.25, 0.3) is 11.0 Å². The van der Waals surface area contributed by atoms with Crippen molar-refractivity contribution < 1.29 is 0 Å². The van der Waals surface area contributed by atoms with Gasteiger partial charge in [0.15, 0.2) is 0 Å². The molecule has 5 nitrogen and oxygen atoms in total. The highest BCUT2D eigenvalue weighted by molar-refractivity contribution is 5.96. The summed E-state index contributed by atoms with van der Waals surface area (Å²) in [5, 5.41) is 0. The molecular weight excluding hydrogens is 190 g/mol. The fourth-order valence-electron chi connectivity index (χ4n) is 1.67. The molecule has 0 aliphatic rings.